The second kappa shape index (κ2) is 15.4. The fourth-order valence-corrected chi connectivity index (χ4v) is 3.15. The van der Waals surface area contributed by atoms with Gasteiger partial charge in [0.05, 0.1) is 0 Å². The second-order valence-electron chi connectivity index (χ2n) is 7.24. The molecule has 1 unspecified atom stereocenters. The van der Waals surface area contributed by atoms with Crippen molar-refractivity contribution in [1.29, 1.82) is 0 Å². The zero-order valence-electron chi connectivity index (χ0n) is 15.1. The van der Waals surface area contributed by atoms with Crippen LogP contribution in [0.25, 0.3) is 0 Å². The maximum Gasteiger partial charge on any atom is -0.0414 e. The molecule has 0 nitrogen and oxygen atoms in total. The molecule has 0 aliphatic carbocycles. The predicted molar refractivity (Wildman–Crippen MR) is 94.3 cm³/mol. The van der Waals surface area contributed by atoms with E-state index in [4.69, 9.17) is 0 Å². The van der Waals surface area contributed by atoms with Gasteiger partial charge in [-0.3, -0.25) is 0 Å². The molecule has 20 heavy (non-hydrogen) atoms. The third-order valence-electron chi connectivity index (χ3n) is 4.57. The molecule has 0 heteroatoms. The molecule has 0 aromatic carbocycles. The topological polar surface area (TPSA) is 0 Å². The fourth-order valence-electron chi connectivity index (χ4n) is 3.15. The van der Waals surface area contributed by atoms with E-state index < -0.39 is 0 Å². The molecule has 0 saturated heterocycles. The van der Waals surface area contributed by atoms with Crippen LogP contribution in [-0.2, 0) is 0 Å². The Morgan fingerprint density at radius 1 is 0.500 bits per heavy atom. The summed E-state index contributed by atoms with van der Waals surface area (Å²) >= 11 is 0. The molecule has 0 bridgehead atoms. The van der Waals surface area contributed by atoms with Crippen molar-refractivity contribution in [3.63, 3.8) is 0 Å². The normalized spacial score (nSPS) is 13.1. The highest BCUT2D eigenvalue weighted by molar-refractivity contribution is 4.61. The summed E-state index contributed by atoms with van der Waals surface area (Å²) in [6, 6.07) is 0. The lowest BCUT2D eigenvalue weighted by Crippen LogP contribution is -2.02. The maximum absolute atomic E-state index is 2.36. The highest BCUT2D eigenvalue weighted by Crippen LogP contribution is 2.23. The van der Waals surface area contributed by atoms with E-state index in [1.807, 2.05) is 0 Å². The van der Waals surface area contributed by atoms with Crippen LogP contribution in [0.3, 0.4) is 0 Å². The highest BCUT2D eigenvalue weighted by Gasteiger charge is 2.08. The Hall–Kier alpha value is 0. The van der Waals surface area contributed by atoms with Gasteiger partial charge in [0.2, 0.25) is 0 Å². The lowest BCUT2D eigenvalue weighted by molar-refractivity contribution is 0.361. The van der Waals surface area contributed by atoms with Gasteiger partial charge in [0.25, 0.3) is 0 Å². The van der Waals surface area contributed by atoms with Gasteiger partial charge in [-0.2, -0.15) is 0 Å². The minimum Gasteiger partial charge on any atom is -0.0654 e. The molecule has 0 fully saturated rings. The lowest BCUT2D eigenvalue weighted by atomic mass is 9.89. The Labute approximate surface area is 130 Å². The number of unbranched alkanes of at least 4 members (excludes halogenated alkanes) is 8. The van der Waals surface area contributed by atoms with E-state index in [-0.39, 0.29) is 0 Å². The van der Waals surface area contributed by atoms with Crippen molar-refractivity contribution in [2.75, 3.05) is 0 Å². The van der Waals surface area contributed by atoms with Crippen LogP contribution < -0.4 is 0 Å². The molecule has 0 aromatic heterocycles. The average molecular weight is 283 g/mol. The van der Waals surface area contributed by atoms with Gasteiger partial charge in [-0.05, 0) is 11.8 Å². The number of hydrogen-bond donors (Lipinski definition) is 0. The van der Waals surface area contributed by atoms with Crippen LogP contribution in [0.4, 0.5) is 0 Å². The van der Waals surface area contributed by atoms with E-state index in [1.165, 1.54) is 89.9 Å². The molecular formula is C20H42. The van der Waals surface area contributed by atoms with E-state index in [0.29, 0.717) is 0 Å². The minimum absolute atomic E-state index is 0.887. The van der Waals surface area contributed by atoms with Crippen molar-refractivity contribution >= 4 is 0 Å². The van der Waals surface area contributed by atoms with Gasteiger partial charge in [-0.1, -0.05) is 118 Å². The Morgan fingerprint density at radius 3 is 1.55 bits per heavy atom. The van der Waals surface area contributed by atoms with Gasteiger partial charge in [-0.25, -0.2) is 0 Å². The molecule has 0 aliphatic heterocycles. The summed E-state index contributed by atoms with van der Waals surface area (Å²) in [7, 11) is 0. The van der Waals surface area contributed by atoms with Crippen molar-refractivity contribution in [2.24, 2.45) is 11.8 Å². The van der Waals surface area contributed by atoms with Crippen LogP contribution >= 0.6 is 0 Å². The van der Waals surface area contributed by atoms with Gasteiger partial charge >= 0.3 is 0 Å². The first-order chi connectivity index (χ1) is 9.70. The largest absolute Gasteiger partial charge is 0.0654 e. The zero-order valence-corrected chi connectivity index (χ0v) is 15.1. The van der Waals surface area contributed by atoms with Crippen LogP contribution in [0.15, 0.2) is 0 Å². The Balaban J connectivity index is 3.39. The predicted octanol–water partition coefficient (Wildman–Crippen LogP) is 7.76. The Kier molecular flexibility index (Phi) is 15.4. The molecule has 0 rings (SSSR count). The van der Waals surface area contributed by atoms with Gasteiger partial charge in [-0.15, -0.1) is 0 Å². The van der Waals surface area contributed by atoms with Crippen molar-refractivity contribution in [3.8, 4) is 0 Å². The van der Waals surface area contributed by atoms with Gasteiger partial charge in [0.15, 0.2) is 0 Å². The fraction of sp³-hybridized carbons (Fsp3) is 1.00. The summed E-state index contributed by atoms with van der Waals surface area (Å²) in [5, 5.41) is 0. The molecule has 0 spiro atoms. The number of rotatable bonds is 15. The third kappa shape index (κ3) is 14.4. The monoisotopic (exact) mass is 282 g/mol. The summed E-state index contributed by atoms with van der Waals surface area (Å²) < 4.78 is 0. The third-order valence-corrected chi connectivity index (χ3v) is 4.57. The lowest BCUT2D eigenvalue weighted by Gasteiger charge is -2.17. The zero-order chi connectivity index (χ0) is 15.1. The summed E-state index contributed by atoms with van der Waals surface area (Å²) in [5.74, 6) is 1.91. The summed E-state index contributed by atoms with van der Waals surface area (Å²) in [4.78, 5) is 0. The van der Waals surface area contributed by atoms with Crippen molar-refractivity contribution in [3.05, 3.63) is 0 Å². The maximum atomic E-state index is 2.36. The highest BCUT2D eigenvalue weighted by atomic mass is 14.1. The average Bonchev–Trinajstić information content (AvgIpc) is 2.42. The van der Waals surface area contributed by atoms with E-state index in [9.17, 15) is 0 Å². The van der Waals surface area contributed by atoms with Crippen LogP contribution in [0.2, 0.25) is 0 Å². The molecule has 0 amide bonds. The SMILES string of the molecule is CCCCCCCCCCCC(CCC)CCC(C)C. The van der Waals surface area contributed by atoms with Crippen LogP contribution in [0, 0.1) is 11.8 Å². The van der Waals surface area contributed by atoms with Crippen LogP contribution in [-0.4, -0.2) is 0 Å². The molecule has 0 saturated carbocycles. The molecule has 1 atom stereocenters. The smallest absolute Gasteiger partial charge is 0.0414 e. The second-order valence-corrected chi connectivity index (χ2v) is 7.24. The van der Waals surface area contributed by atoms with Crippen molar-refractivity contribution in [2.45, 2.75) is 118 Å². The summed E-state index contributed by atoms with van der Waals surface area (Å²) in [6.07, 6.45) is 20.4. The Bertz CT molecular complexity index is 171. The van der Waals surface area contributed by atoms with Gasteiger partial charge in [0, 0.05) is 0 Å². The van der Waals surface area contributed by atoms with Crippen molar-refractivity contribution in [1.82, 2.24) is 0 Å². The first-order valence-electron chi connectivity index (χ1n) is 9.70. The van der Waals surface area contributed by atoms with E-state index in [0.717, 1.165) is 11.8 Å². The molecule has 0 radical (unpaired) electrons. The van der Waals surface area contributed by atoms with E-state index in [2.05, 4.69) is 27.7 Å². The van der Waals surface area contributed by atoms with Crippen LogP contribution in [0.1, 0.15) is 118 Å². The molecular weight excluding hydrogens is 240 g/mol. The van der Waals surface area contributed by atoms with Crippen LogP contribution in [0.5, 0.6) is 0 Å². The summed E-state index contributed by atoms with van der Waals surface area (Å²) in [6.45, 7) is 9.37. The molecule has 0 heterocycles. The Morgan fingerprint density at radius 2 is 1.05 bits per heavy atom. The summed E-state index contributed by atoms with van der Waals surface area (Å²) in [5.41, 5.74) is 0. The molecule has 0 N–H and O–H groups in total. The first-order valence-corrected chi connectivity index (χ1v) is 9.70. The molecule has 0 aliphatic rings. The molecule has 122 valence electrons. The van der Waals surface area contributed by atoms with Crippen molar-refractivity contribution < 1.29 is 0 Å². The van der Waals surface area contributed by atoms with Gasteiger partial charge in [0.1, 0.15) is 0 Å². The standard InChI is InChI=1S/C20H42/c1-5-7-8-9-10-11-12-13-14-16-20(15-6-2)18-17-19(3)4/h19-20H,5-18H2,1-4H3. The number of hydrogen-bond acceptors (Lipinski definition) is 0. The van der Waals surface area contributed by atoms with E-state index >= 15 is 0 Å². The van der Waals surface area contributed by atoms with E-state index in [1.54, 1.807) is 0 Å². The molecule has 0 aromatic rings. The quantitative estimate of drug-likeness (QED) is 0.269. The minimum atomic E-state index is 0.887. The first kappa shape index (κ1) is 20.0. The van der Waals surface area contributed by atoms with Gasteiger partial charge < -0.3 is 0 Å².